The quantitative estimate of drug-likeness (QED) is 0.645. The van der Waals surface area contributed by atoms with Crippen molar-refractivity contribution in [2.24, 2.45) is 0 Å². The maximum Gasteiger partial charge on any atom is 0.419 e. The summed E-state index contributed by atoms with van der Waals surface area (Å²) in [6.07, 6.45) is 0.853. The Bertz CT molecular complexity index is 296. The van der Waals surface area contributed by atoms with Crippen LogP contribution in [0.2, 0.25) is 0 Å². The highest BCUT2D eigenvalue weighted by molar-refractivity contribution is 5.06. The predicted molar refractivity (Wildman–Crippen MR) is 42.8 cm³/mol. The van der Waals surface area contributed by atoms with Crippen LogP contribution >= 0.6 is 0 Å². The normalized spacial score (nSPS) is 10.5. The predicted octanol–water partition coefficient (Wildman–Crippen LogP) is 1.33. The summed E-state index contributed by atoms with van der Waals surface area (Å²) in [6, 6.07) is 0. The van der Waals surface area contributed by atoms with Crippen LogP contribution in [0.25, 0.3) is 0 Å². The highest BCUT2D eigenvalue weighted by Gasteiger charge is 2.08. The van der Waals surface area contributed by atoms with Gasteiger partial charge in [-0.1, -0.05) is 6.92 Å². The topological polar surface area (TPSA) is 35.1 Å². The Morgan fingerprint density at radius 1 is 1.45 bits per heavy atom. The van der Waals surface area contributed by atoms with Crippen molar-refractivity contribution in [2.75, 3.05) is 0 Å². The first-order chi connectivity index (χ1) is 5.20. The molecule has 0 aliphatic rings. The minimum Gasteiger partial charge on any atom is -0.413 e. The Labute approximate surface area is 65.6 Å². The summed E-state index contributed by atoms with van der Waals surface area (Å²) in [5.41, 5.74) is 1.01. The molecule has 0 aliphatic carbocycles. The largest absolute Gasteiger partial charge is 0.419 e. The van der Waals surface area contributed by atoms with Crippen molar-refractivity contribution in [1.29, 1.82) is 0 Å². The lowest BCUT2D eigenvalue weighted by atomic mass is 10.3. The number of nitrogens with zero attached hydrogens (tertiary/aromatic N) is 1. The van der Waals surface area contributed by atoms with Gasteiger partial charge in [0.15, 0.2) is 0 Å². The molecule has 1 aromatic rings. The zero-order valence-corrected chi connectivity index (χ0v) is 7.18. The van der Waals surface area contributed by atoms with Crippen LogP contribution in [-0.2, 0) is 13.0 Å². The van der Waals surface area contributed by atoms with Gasteiger partial charge in [-0.25, -0.2) is 4.79 Å². The molecule has 3 nitrogen and oxygen atoms in total. The molecule has 62 valence electrons. The zero-order valence-electron chi connectivity index (χ0n) is 7.18. The second-order valence-electron chi connectivity index (χ2n) is 2.47. The van der Waals surface area contributed by atoms with Crippen molar-refractivity contribution in [3.8, 4) is 0 Å². The smallest absolute Gasteiger partial charge is 0.413 e. The molecule has 0 unspecified atom stereocenters. The molecular formula is C8H13NO2. The second kappa shape index (κ2) is 2.95. The van der Waals surface area contributed by atoms with Gasteiger partial charge in [-0.3, -0.25) is 4.57 Å². The summed E-state index contributed by atoms with van der Waals surface area (Å²) in [5.74, 6) is 0.515. The van der Waals surface area contributed by atoms with Crippen LogP contribution in [0.3, 0.4) is 0 Å². The van der Waals surface area contributed by atoms with E-state index in [-0.39, 0.29) is 5.76 Å². The number of aryl methyl sites for hydroxylation is 1. The molecule has 1 aromatic heterocycles. The van der Waals surface area contributed by atoms with E-state index in [9.17, 15) is 4.79 Å². The molecule has 0 aromatic carbocycles. The van der Waals surface area contributed by atoms with Gasteiger partial charge in [0, 0.05) is 6.54 Å². The van der Waals surface area contributed by atoms with Crippen molar-refractivity contribution in [2.45, 2.75) is 33.7 Å². The van der Waals surface area contributed by atoms with E-state index in [0.29, 0.717) is 6.54 Å². The molecular weight excluding hydrogens is 142 g/mol. The van der Waals surface area contributed by atoms with Crippen LogP contribution in [0.5, 0.6) is 0 Å². The molecule has 0 atom stereocenters. The number of hydrogen-bond donors (Lipinski definition) is 0. The zero-order chi connectivity index (χ0) is 8.43. The van der Waals surface area contributed by atoms with Gasteiger partial charge in [0.1, 0.15) is 5.76 Å². The Balaban J connectivity index is 3.29. The molecule has 0 N–H and O–H groups in total. The Kier molecular flexibility index (Phi) is 2.17. The van der Waals surface area contributed by atoms with Gasteiger partial charge in [-0.15, -0.1) is 0 Å². The minimum absolute atomic E-state index is 0.234. The molecule has 0 fully saturated rings. The third-order valence-corrected chi connectivity index (χ3v) is 1.84. The molecule has 11 heavy (non-hydrogen) atoms. The first-order valence-electron chi connectivity index (χ1n) is 3.89. The van der Waals surface area contributed by atoms with E-state index >= 15 is 0 Å². The van der Waals surface area contributed by atoms with E-state index in [2.05, 4.69) is 0 Å². The van der Waals surface area contributed by atoms with Gasteiger partial charge < -0.3 is 4.42 Å². The summed E-state index contributed by atoms with van der Waals surface area (Å²) in [7, 11) is 0. The summed E-state index contributed by atoms with van der Waals surface area (Å²) in [4.78, 5) is 11.0. The van der Waals surface area contributed by atoms with Crippen LogP contribution in [0.1, 0.15) is 25.3 Å². The van der Waals surface area contributed by atoms with Gasteiger partial charge in [0.25, 0.3) is 0 Å². The SMILES string of the molecule is CCc1c(C)oc(=O)n1CC. The summed E-state index contributed by atoms with van der Waals surface area (Å²) >= 11 is 0. The average molecular weight is 155 g/mol. The Morgan fingerprint density at radius 2 is 2.09 bits per heavy atom. The summed E-state index contributed by atoms with van der Waals surface area (Å²) in [5, 5.41) is 0. The number of aromatic nitrogens is 1. The van der Waals surface area contributed by atoms with Crippen LogP contribution in [0.15, 0.2) is 9.21 Å². The highest BCUT2D eigenvalue weighted by atomic mass is 16.4. The lowest BCUT2D eigenvalue weighted by molar-refractivity contribution is 0.463. The van der Waals surface area contributed by atoms with Crippen LogP contribution < -0.4 is 5.76 Å². The molecule has 0 spiro atoms. The molecule has 0 saturated carbocycles. The maximum atomic E-state index is 11.0. The molecule has 3 heteroatoms. The number of oxazole rings is 1. The molecule has 0 bridgehead atoms. The molecule has 1 heterocycles. The summed E-state index contributed by atoms with van der Waals surface area (Å²) in [6.45, 7) is 6.48. The van der Waals surface area contributed by atoms with Gasteiger partial charge in [0.2, 0.25) is 0 Å². The van der Waals surface area contributed by atoms with E-state index in [4.69, 9.17) is 4.42 Å². The van der Waals surface area contributed by atoms with Crippen molar-refractivity contribution in [3.63, 3.8) is 0 Å². The van der Waals surface area contributed by atoms with Gasteiger partial charge in [0.05, 0.1) is 5.69 Å². The van der Waals surface area contributed by atoms with Gasteiger partial charge >= 0.3 is 5.76 Å². The first-order valence-corrected chi connectivity index (χ1v) is 3.89. The van der Waals surface area contributed by atoms with Crippen molar-refractivity contribution in [1.82, 2.24) is 4.57 Å². The Hall–Kier alpha value is -0.990. The molecule has 0 aliphatic heterocycles. The molecule has 0 amide bonds. The molecule has 0 radical (unpaired) electrons. The fourth-order valence-electron chi connectivity index (χ4n) is 1.30. The standard InChI is InChI=1S/C8H13NO2/c1-4-7-6(3)11-8(10)9(7)5-2/h4-5H2,1-3H3. The van der Waals surface area contributed by atoms with E-state index < -0.39 is 0 Å². The van der Waals surface area contributed by atoms with Gasteiger partial charge in [-0.05, 0) is 20.3 Å². The number of hydrogen-bond acceptors (Lipinski definition) is 2. The van der Waals surface area contributed by atoms with Crippen LogP contribution in [0.4, 0.5) is 0 Å². The number of rotatable bonds is 2. The fourth-order valence-corrected chi connectivity index (χ4v) is 1.30. The van der Waals surface area contributed by atoms with E-state index in [1.807, 2.05) is 20.8 Å². The fraction of sp³-hybridized carbons (Fsp3) is 0.625. The van der Waals surface area contributed by atoms with E-state index in [0.717, 1.165) is 17.9 Å². The highest BCUT2D eigenvalue weighted by Crippen LogP contribution is 2.05. The third kappa shape index (κ3) is 1.23. The molecule has 1 rings (SSSR count). The van der Waals surface area contributed by atoms with E-state index in [1.54, 1.807) is 4.57 Å². The van der Waals surface area contributed by atoms with Crippen molar-refractivity contribution >= 4 is 0 Å². The third-order valence-electron chi connectivity index (χ3n) is 1.84. The average Bonchev–Trinajstić information content (AvgIpc) is 2.24. The first kappa shape index (κ1) is 8.11. The minimum atomic E-state index is -0.234. The van der Waals surface area contributed by atoms with Crippen molar-refractivity contribution in [3.05, 3.63) is 22.0 Å². The lowest BCUT2D eigenvalue weighted by Crippen LogP contribution is -2.14. The molecule has 0 saturated heterocycles. The van der Waals surface area contributed by atoms with Crippen LogP contribution in [-0.4, -0.2) is 4.57 Å². The van der Waals surface area contributed by atoms with Gasteiger partial charge in [-0.2, -0.15) is 0 Å². The van der Waals surface area contributed by atoms with E-state index in [1.165, 1.54) is 0 Å². The van der Waals surface area contributed by atoms with Crippen LogP contribution in [0, 0.1) is 6.92 Å². The monoisotopic (exact) mass is 155 g/mol. The van der Waals surface area contributed by atoms with Crippen molar-refractivity contribution < 1.29 is 4.42 Å². The maximum absolute atomic E-state index is 11.0. The Morgan fingerprint density at radius 3 is 2.45 bits per heavy atom. The summed E-state index contributed by atoms with van der Waals surface area (Å²) < 4.78 is 6.60. The lowest BCUT2D eigenvalue weighted by Gasteiger charge is -1.98. The second-order valence-corrected chi connectivity index (χ2v) is 2.47.